The summed E-state index contributed by atoms with van der Waals surface area (Å²) in [5, 5.41) is 13.1. The van der Waals surface area contributed by atoms with Crippen LogP contribution in [0.4, 0.5) is 0 Å². The molecule has 2 N–H and O–H groups in total. The molecule has 0 aromatic carbocycles. The van der Waals surface area contributed by atoms with Gasteiger partial charge in [0.1, 0.15) is 0 Å². The summed E-state index contributed by atoms with van der Waals surface area (Å²) in [4.78, 5) is 4.54. The Morgan fingerprint density at radius 1 is 1.12 bits per heavy atom. The van der Waals surface area contributed by atoms with E-state index in [0.717, 1.165) is 32.7 Å². The number of nitrogens with one attached hydrogen (secondary N) is 1. The molecule has 104 valence electrons. The molecule has 0 amide bonds. The molecule has 0 saturated carbocycles. The van der Waals surface area contributed by atoms with Crippen LogP contribution in [0.15, 0.2) is 0 Å². The zero-order valence-electron chi connectivity index (χ0n) is 12.2. The Labute approximate surface area is 107 Å². The van der Waals surface area contributed by atoms with E-state index < -0.39 is 0 Å². The molecule has 1 atom stereocenters. The van der Waals surface area contributed by atoms with E-state index in [1.807, 2.05) is 0 Å². The summed E-state index contributed by atoms with van der Waals surface area (Å²) in [6.07, 6.45) is -0.268. The lowest BCUT2D eigenvalue weighted by atomic mass is 10.2. The van der Waals surface area contributed by atoms with Crippen LogP contribution in [0.3, 0.4) is 0 Å². The van der Waals surface area contributed by atoms with Crippen LogP contribution in [-0.2, 0) is 0 Å². The molecule has 0 saturated heterocycles. The van der Waals surface area contributed by atoms with Gasteiger partial charge in [-0.25, -0.2) is 0 Å². The fourth-order valence-corrected chi connectivity index (χ4v) is 1.79. The van der Waals surface area contributed by atoms with Gasteiger partial charge in [0, 0.05) is 32.7 Å². The second kappa shape index (κ2) is 9.83. The molecule has 0 heterocycles. The third-order valence-corrected chi connectivity index (χ3v) is 2.59. The van der Waals surface area contributed by atoms with Gasteiger partial charge in [0.25, 0.3) is 0 Å². The first-order valence-electron chi connectivity index (χ1n) is 6.71. The van der Waals surface area contributed by atoms with Crippen molar-refractivity contribution in [3.8, 4) is 0 Å². The lowest BCUT2D eigenvalue weighted by molar-refractivity contribution is 0.100. The summed E-state index contributed by atoms with van der Waals surface area (Å²) >= 11 is 0. The number of rotatable bonds is 10. The van der Waals surface area contributed by atoms with E-state index in [1.54, 1.807) is 0 Å². The van der Waals surface area contributed by atoms with Crippen LogP contribution < -0.4 is 5.32 Å². The van der Waals surface area contributed by atoms with Crippen molar-refractivity contribution in [2.75, 3.05) is 53.4 Å². The summed E-state index contributed by atoms with van der Waals surface area (Å²) in [5.41, 5.74) is 0. The van der Waals surface area contributed by atoms with Crippen molar-refractivity contribution in [1.29, 1.82) is 0 Å². The third kappa shape index (κ3) is 10.7. The van der Waals surface area contributed by atoms with E-state index in [1.165, 1.54) is 0 Å². The molecule has 0 fully saturated rings. The van der Waals surface area contributed by atoms with Crippen molar-refractivity contribution < 1.29 is 5.11 Å². The first-order valence-corrected chi connectivity index (χ1v) is 6.71. The van der Waals surface area contributed by atoms with Gasteiger partial charge in [-0.05, 0) is 26.6 Å². The zero-order chi connectivity index (χ0) is 13.3. The SMILES string of the molecule is CCNCC(O)CN(CCN(C)C)CC(C)C. The molecule has 0 aromatic rings. The fraction of sp³-hybridized carbons (Fsp3) is 1.00. The standard InChI is InChI=1S/C13H31N3O/c1-6-14-9-13(17)11-16(10-12(2)3)8-7-15(4)5/h12-14,17H,6-11H2,1-5H3. The van der Waals surface area contributed by atoms with Gasteiger partial charge in [-0.3, -0.25) is 4.90 Å². The number of likely N-dealkylation sites (N-methyl/N-ethyl adjacent to an activating group) is 2. The monoisotopic (exact) mass is 245 g/mol. The van der Waals surface area contributed by atoms with Crippen molar-refractivity contribution in [3.63, 3.8) is 0 Å². The Bertz CT molecular complexity index is 174. The third-order valence-electron chi connectivity index (χ3n) is 2.59. The molecule has 4 heteroatoms. The number of nitrogens with zero attached hydrogens (tertiary/aromatic N) is 2. The Kier molecular flexibility index (Phi) is 9.74. The molecule has 0 aliphatic carbocycles. The van der Waals surface area contributed by atoms with E-state index in [0.29, 0.717) is 12.5 Å². The number of aliphatic hydroxyl groups is 1. The second-order valence-electron chi connectivity index (χ2n) is 5.42. The molecule has 0 spiro atoms. The van der Waals surface area contributed by atoms with Gasteiger partial charge in [-0.1, -0.05) is 20.8 Å². The minimum atomic E-state index is -0.268. The minimum Gasteiger partial charge on any atom is -0.390 e. The predicted octanol–water partition coefficient (Wildman–Crippen LogP) is 0.476. The average molecular weight is 245 g/mol. The van der Waals surface area contributed by atoms with Gasteiger partial charge in [0.05, 0.1) is 6.10 Å². The van der Waals surface area contributed by atoms with Crippen molar-refractivity contribution in [2.45, 2.75) is 26.9 Å². The van der Waals surface area contributed by atoms with E-state index in [9.17, 15) is 5.11 Å². The highest BCUT2D eigenvalue weighted by molar-refractivity contribution is 4.69. The van der Waals surface area contributed by atoms with Gasteiger partial charge in [0.15, 0.2) is 0 Å². The molecule has 0 aromatic heterocycles. The smallest absolute Gasteiger partial charge is 0.0791 e. The topological polar surface area (TPSA) is 38.7 Å². The van der Waals surface area contributed by atoms with E-state index in [-0.39, 0.29) is 6.10 Å². The molecule has 0 rings (SSSR count). The van der Waals surface area contributed by atoms with Crippen LogP contribution >= 0.6 is 0 Å². The lowest BCUT2D eigenvalue weighted by Gasteiger charge is -2.28. The molecule has 0 bridgehead atoms. The predicted molar refractivity (Wildman–Crippen MR) is 74.4 cm³/mol. The fourth-order valence-electron chi connectivity index (χ4n) is 1.79. The van der Waals surface area contributed by atoms with Crippen molar-refractivity contribution >= 4 is 0 Å². The highest BCUT2D eigenvalue weighted by Gasteiger charge is 2.12. The Hall–Kier alpha value is -0.160. The van der Waals surface area contributed by atoms with Crippen LogP contribution in [-0.4, -0.2) is 74.4 Å². The Morgan fingerprint density at radius 2 is 1.76 bits per heavy atom. The van der Waals surface area contributed by atoms with Crippen LogP contribution in [0.25, 0.3) is 0 Å². The number of hydrogen-bond acceptors (Lipinski definition) is 4. The largest absolute Gasteiger partial charge is 0.390 e. The van der Waals surface area contributed by atoms with E-state index in [4.69, 9.17) is 0 Å². The molecular weight excluding hydrogens is 214 g/mol. The Balaban J connectivity index is 3.98. The van der Waals surface area contributed by atoms with Crippen molar-refractivity contribution in [3.05, 3.63) is 0 Å². The summed E-state index contributed by atoms with van der Waals surface area (Å²) in [6, 6.07) is 0. The highest BCUT2D eigenvalue weighted by atomic mass is 16.3. The van der Waals surface area contributed by atoms with E-state index in [2.05, 4.69) is 50.0 Å². The second-order valence-corrected chi connectivity index (χ2v) is 5.42. The minimum absolute atomic E-state index is 0.268. The van der Waals surface area contributed by atoms with Gasteiger partial charge in [0.2, 0.25) is 0 Å². The van der Waals surface area contributed by atoms with Gasteiger partial charge < -0.3 is 15.3 Å². The van der Waals surface area contributed by atoms with Gasteiger partial charge in [-0.15, -0.1) is 0 Å². The lowest BCUT2D eigenvalue weighted by Crippen LogP contribution is -2.42. The maximum Gasteiger partial charge on any atom is 0.0791 e. The maximum atomic E-state index is 9.91. The summed E-state index contributed by atoms with van der Waals surface area (Å²) in [6.45, 7) is 12.0. The number of hydrogen-bond donors (Lipinski definition) is 2. The van der Waals surface area contributed by atoms with Crippen LogP contribution in [0.5, 0.6) is 0 Å². The molecule has 0 radical (unpaired) electrons. The molecular formula is C13H31N3O. The average Bonchev–Trinajstić information content (AvgIpc) is 2.22. The Morgan fingerprint density at radius 3 is 2.24 bits per heavy atom. The molecule has 17 heavy (non-hydrogen) atoms. The first kappa shape index (κ1) is 16.8. The van der Waals surface area contributed by atoms with Crippen LogP contribution in [0.1, 0.15) is 20.8 Å². The zero-order valence-corrected chi connectivity index (χ0v) is 12.2. The molecule has 4 nitrogen and oxygen atoms in total. The van der Waals surface area contributed by atoms with Crippen LogP contribution in [0.2, 0.25) is 0 Å². The first-order chi connectivity index (χ1) is 7.95. The van der Waals surface area contributed by atoms with E-state index >= 15 is 0 Å². The summed E-state index contributed by atoms with van der Waals surface area (Å²) in [7, 11) is 4.17. The van der Waals surface area contributed by atoms with Gasteiger partial charge >= 0.3 is 0 Å². The van der Waals surface area contributed by atoms with Crippen LogP contribution in [0, 0.1) is 5.92 Å². The molecule has 0 aliphatic rings. The molecule has 1 unspecified atom stereocenters. The quantitative estimate of drug-likeness (QED) is 0.587. The summed E-state index contributed by atoms with van der Waals surface area (Å²) in [5.74, 6) is 0.642. The molecule has 0 aliphatic heterocycles. The highest BCUT2D eigenvalue weighted by Crippen LogP contribution is 2.00. The normalized spacial score (nSPS) is 13.9. The number of aliphatic hydroxyl groups excluding tert-OH is 1. The van der Waals surface area contributed by atoms with Crippen molar-refractivity contribution in [1.82, 2.24) is 15.1 Å². The maximum absolute atomic E-state index is 9.91. The van der Waals surface area contributed by atoms with Gasteiger partial charge in [-0.2, -0.15) is 0 Å². The summed E-state index contributed by atoms with van der Waals surface area (Å²) < 4.78 is 0. The van der Waals surface area contributed by atoms with Crippen molar-refractivity contribution in [2.24, 2.45) is 5.92 Å².